The van der Waals surface area contributed by atoms with Crippen LogP contribution in [0.25, 0.3) is 11.0 Å². The smallest absolute Gasteiger partial charge is 0.243 e. The predicted molar refractivity (Wildman–Crippen MR) is 69.0 cm³/mol. The third-order valence-corrected chi connectivity index (χ3v) is 5.62. The quantitative estimate of drug-likeness (QED) is 0.838. The lowest BCUT2D eigenvalue weighted by Gasteiger charge is -2.32. The molecule has 0 amide bonds. The molecule has 1 aromatic carbocycles. The molecule has 0 radical (unpaired) electrons. The van der Waals surface area contributed by atoms with Gasteiger partial charge in [0, 0.05) is 12.6 Å². The van der Waals surface area contributed by atoms with Crippen LogP contribution in [0.15, 0.2) is 27.7 Å². The third-order valence-electron chi connectivity index (χ3n) is 3.58. The summed E-state index contributed by atoms with van der Waals surface area (Å²) in [7, 11) is -3.54. The van der Waals surface area contributed by atoms with E-state index in [2.05, 4.69) is 14.9 Å². The Morgan fingerprint density at radius 3 is 2.95 bits per heavy atom. The fourth-order valence-electron chi connectivity index (χ4n) is 2.54. The Labute approximate surface area is 111 Å². The van der Waals surface area contributed by atoms with Crippen LogP contribution in [-0.4, -0.2) is 35.6 Å². The number of rotatable bonds is 2. The summed E-state index contributed by atoms with van der Waals surface area (Å²) in [4.78, 5) is 0.181. The van der Waals surface area contributed by atoms with Gasteiger partial charge in [0.2, 0.25) is 10.0 Å². The second-order valence-corrected chi connectivity index (χ2v) is 6.71. The van der Waals surface area contributed by atoms with Gasteiger partial charge in [-0.3, -0.25) is 0 Å². The van der Waals surface area contributed by atoms with Crippen molar-refractivity contribution in [2.45, 2.75) is 37.1 Å². The van der Waals surface area contributed by atoms with Crippen molar-refractivity contribution in [3.63, 3.8) is 0 Å². The van der Waals surface area contributed by atoms with Gasteiger partial charge in [0.25, 0.3) is 0 Å². The fraction of sp³-hybridized carbons (Fsp3) is 0.500. The van der Waals surface area contributed by atoms with Crippen molar-refractivity contribution in [1.82, 2.24) is 14.6 Å². The summed E-state index contributed by atoms with van der Waals surface area (Å²) in [6, 6.07) is 4.93. The summed E-state index contributed by atoms with van der Waals surface area (Å²) < 4.78 is 31.6. The van der Waals surface area contributed by atoms with Crippen LogP contribution in [0.2, 0.25) is 0 Å². The predicted octanol–water partition coefficient (Wildman–Crippen LogP) is 1.79. The van der Waals surface area contributed by atoms with Crippen LogP contribution in [0.4, 0.5) is 0 Å². The zero-order valence-corrected chi connectivity index (χ0v) is 11.4. The number of benzene rings is 1. The van der Waals surface area contributed by atoms with Crippen LogP contribution in [0.3, 0.4) is 0 Å². The SMILES string of the molecule is C[C@H]1CCCCN1S(=O)(=O)c1cccc2nonc12. The highest BCUT2D eigenvalue weighted by molar-refractivity contribution is 7.89. The molecule has 0 spiro atoms. The highest BCUT2D eigenvalue weighted by Gasteiger charge is 2.32. The van der Waals surface area contributed by atoms with Crippen molar-refractivity contribution in [3.8, 4) is 0 Å². The number of fused-ring (bicyclic) bond motifs is 1. The van der Waals surface area contributed by atoms with Crippen LogP contribution >= 0.6 is 0 Å². The second-order valence-electron chi connectivity index (χ2n) is 4.85. The first kappa shape index (κ1) is 12.6. The lowest BCUT2D eigenvalue weighted by Crippen LogP contribution is -2.41. The van der Waals surface area contributed by atoms with Crippen LogP contribution in [0.1, 0.15) is 26.2 Å². The molecule has 3 rings (SSSR count). The van der Waals surface area contributed by atoms with E-state index in [0.29, 0.717) is 17.6 Å². The number of sulfonamides is 1. The molecule has 0 saturated carbocycles. The number of aromatic nitrogens is 2. The summed E-state index contributed by atoms with van der Waals surface area (Å²) in [6.45, 7) is 2.50. The molecule has 0 aliphatic carbocycles. The fourth-order valence-corrected chi connectivity index (χ4v) is 4.38. The molecule has 19 heavy (non-hydrogen) atoms. The van der Waals surface area contributed by atoms with Crippen molar-refractivity contribution in [2.75, 3.05) is 6.54 Å². The standard InChI is InChI=1S/C12H15N3O3S/c1-9-5-2-3-8-15(9)19(16,17)11-7-4-6-10-12(11)14-18-13-10/h4,6-7,9H,2-3,5,8H2,1H3/t9-/m0/s1. The van der Waals surface area contributed by atoms with Gasteiger partial charge < -0.3 is 0 Å². The van der Waals surface area contributed by atoms with E-state index in [-0.39, 0.29) is 10.9 Å². The summed E-state index contributed by atoms with van der Waals surface area (Å²) in [5.41, 5.74) is 0.769. The molecular weight excluding hydrogens is 266 g/mol. The van der Waals surface area contributed by atoms with Crippen molar-refractivity contribution < 1.29 is 13.0 Å². The highest BCUT2D eigenvalue weighted by Crippen LogP contribution is 2.28. The maximum atomic E-state index is 12.7. The Morgan fingerprint density at radius 2 is 2.16 bits per heavy atom. The van der Waals surface area contributed by atoms with E-state index in [1.165, 1.54) is 0 Å². The molecule has 102 valence electrons. The molecule has 0 bridgehead atoms. The number of hydrogen-bond donors (Lipinski definition) is 0. The van der Waals surface area contributed by atoms with Gasteiger partial charge in [0.1, 0.15) is 10.4 Å². The lowest BCUT2D eigenvalue weighted by molar-refractivity contribution is 0.268. The molecule has 1 aliphatic heterocycles. The molecule has 1 aliphatic rings. The Kier molecular flexibility index (Phi) is 3.02. The maximum Gasteiger partial charge on any atom is 0.245 e. The van der Waals surface area contributed by atoms with Gasteiger partial charge in [0.05, 0.1) is 0 Å². The van der Waals surface area contributed by atoms with Crippen molar-refractivity contribution >= 4 is 21.1 Å². The minimum atomic E-state index is -3.54. The summed E-state index contributed by atoms with van der Waals surface area (Å²) in [6.07, 6.45) is 2.87. The average Bonchev–Trinajstić information content (AvgIpc) is 2.86. The first-order chi connectivity index (χ1) is 9.10. The van der Waals surface area contributed by atoms with Gasteiger partial charge in [-0.2, -0.15) is 4.31 Å². The molecule has 1 aromatic heterocycles. The summed E-state index contributed by atoms with van der Waals surface area (Å²) >= 11 is 0. The molecule has 1 atom stereocenters. The molecule has 7 heteroatoms. The number of piperidine rings is 1. The first-order valence-electron chi connectivity index (χ1n) is 6.34. The van der Waals surface area contributed by atoms with Gasteiger partial charge >= 0.3 is 0 Å². The number of nitrogens with zero attached hydrogens (tertiary/aromatic N) is 3. The van der Waals surface area contributed by atoms with E-state index in [0.717, 1.165) is 19.3 Å². The summed E-state index contributed by atoms with van der Waals surface area (Å²) in [5.74, 6) is 0. The molecule has 2 aromatic rings. The Morgan fingerprint density at radius 1 is 1.32 bits per heavy atom. The van der Waals surface area contributed by atoms with Gasteiger partial charge in [-0.05, 0) is 42.2 Å². The van der Waals surface area contributed by atoms with Crippen molar-refractivity contribution in [3.05, 3.63) is 18.2 Å². The highest BCUT2D eigenvalue weighted by atomic mass is 32.2. The largest absolute Gasteiger partial charge is 0.245 e. The van der Waals surface area contributed by atoms with Crippen LogP contribution < -0.4 is 0 Å². The molecule has 2 heterocycles. The third kappa shape index (κ3) is 2.02. The van der Waals surface area contributed by atoms with Gasteiger partial charge in [-0.15, -0.1) is 0 Å². The van der Waals surface area contributed by atoms with E-state index >= 15 is 0 Å². The van der Waals surface area contributed by atoms with Crippen LogP contribution in [0, 0.1) is 0 Å². The summed E-state index contributed by atoms with van der Waals surface area (Å²) in [5, 5.41) is 7.40. The molecule has 6 nitrogen and oxygen atoms in total. The zero-order chi connectivity index (χ0) is 13.5. The maximum absolute atomic E-state index is 12.7. The van der Waals surface area contributed by atoms with Gasteiger partial charge in [-0.25, -0.2) is 13.0 Å². The van der Waals surface area contributed by atoms with E-state index in [1.807, 2.05) is 6.92 Å². The van der Waals surface area contributed by atoms with E-state index in [1.54, 1.807) is 22.5 Å². The average molecular weight is 281 g/mol. The Bertz CT molecular complexity index is 695. The molecule has 0 N–H and O–H groups in total. The lowest BCUT2D eigenvalue weighted by atomic mass is 10.1. The topological polar surface area (TPSA) is 76.3 Å². The minimum Gasteiger partial charge on any atom is -0.243 e. The Hall–Kier alpha value is -1.47. The minimum absolute atomic E-state index is 0.0221. The molecule has 1 saturated heterocycles. The van der Waals surface area contributed by atoms with Crippen LogP contribution in [0.5, 0.6) is 0 Å². The molecule has 1 fully saturated rings. The normalized spacial score (nSPS) is 21.8. The number of hydrogen-bond acceptors (Lipinski definition) is 5. The van der Waals surface area contributed by atoms with E-state index in [4.69, 9.17) is 0 Å². The van der Waals surface area contributed by atoms with E-state index < -0.39 is 10.0 Å². The molecule has 0 unspecified atom stereocenters. The van der Waals surface area contributed by atoms with Gasteiger partial charge in [0.15, 0.2) is 5.52 Å². The second kappa shape index (κ2) is 4.57. The zero-order valence-electron chi connectivity index (χ0n) is 10.6. The molecular formula is C12H15N3O3S. The monoisotopic (exact) mass is 281 g/mol. The van der Waals surface area contributed by atoms with Crippen molar-refractivity contribution in [1.29, 1.82) is 0 Å². The Balaban J connectivity index is 2.11. The van der Waals surface area contributed by atoms with Crippen molar-refractivity contribution in [2.24, 2.45) is 0 Å². The first-order valence-corrected chi connectivity index (χ1v) is 7.78. The van der Waals surface area contributed by atoms with Gasteiger partial charge in [-0.1, -0.05) is 12.5 Å². The van der Waals surface area contributed by atoms with Crippen LogP contribution in [-0.2, 0) is 10.0 Å². The van der Waals surface area contributed by atoms with E-state index in [9.17, 15) is 8.42 Å².